The van der Waals surface area contributed by atoms with E-state index in [9.17, 15) is 19.5 Å². The van der Waals surface area contributed by atoms with E-state index in [2.05, 4.69) is 5.32 Å². The molecule has 7 heteroatoms. The Bertz CT molecular complexity index is 313. The highest BCUT2D eigenvalue weighted by Crippen LogP contribution is 1.75. The fourth-order valence-electron chi connectivity index (χ4n) is 0.985. The Morgan fingerprint density at radius 2 is 1.88 bits per heavy atom. The van der Waals surface area contributed by atoms with Crippen LogP contribution in [0.15, 0.2) is 12.2 Å². The molecule has 0 aromatic heterocycles. The van der Waals surface area contributed by atoms with Gasteiger partial charge in [0.25, 0.3) is 5.91 Å². The largest absolute Gasteiger partial charge is 0.545 e. The van der Waals surface area contributed by atoms with Crippen LogP contribution in [-0.2, 0) is 9.59 Å². The second-order valence-corrected chi connectivity index (χ2v) is 3.71. The SMILES string of the molecule is C[NH+](C)CCCNC(=O)NC(=O)/C=C/C(=O)[O-]. The summed E-state index contributed by atoms with van der Waals surface area (Å²) in [5.74, 6) is -2.29. The molecular formula is C10H17N3O4. The third kappa shape index (κ3) is 10.4. The van der Waals surface area contributed by atoms with Gasteiger partial charge in [-0.05, 0) is 6.08 Å². The number of quaternary nitrogens is 1. The van der Waals surface area contributed by atoms with Crippen LogP contribution in [0.2, 0.25) is 0 Å². The number of rotatable bonds is 6. The number of carbonyl (C=O) groups excluding carboxylic acids is 3. The van der Waals surface area contributed by atoms with Crippen LogP contribution in [0.25, 0.3) is 0 Å². The van der Waals surface area contributed by atoms with Gasteiger partial charge in [-0.1, -0.05) is 0 Å². The van der Waals surface area contributed by atoms with Crippen molar-refractivity contribution in [3.63, 3.8) is 0 Å². The van der Waals surface area contributed by atoms with E-state index in [1.807, 2.05) is 19.4 Å². The number of carboxylic acid groups (broad SMARTS) is 1. The summed E-state index contributed by atoms with van der Waals surface area (Å²) in [4.78, 5) is 33.3. The van der Waals surface area contributed by atoms with E-state index in [1.54, 1.807) is 0 Å². The van der Waals surface area contributed by atoms with Crippen LogP contribution in [0.4, 0.5) is 4.79 Å². The Kier molecular flexibility index (Phi) is 7.36. The topological polar surface area (TPSA) is 103 Å². The fourth-order valence-corrected chi connectivity index (χ4v) is 0.985. The fraction of sp³-hybridized carbons (Fsp3) is 0.500. The minimum Gasteiger partial charge on any atom is -0.545 e. The molecule has 0 fully saturated rings. The van der Waals surface area contributed by atoms with Crippen LogP contribution in [0.1, 0.15) is 6.42 Å². The molecule has 0 aliphatic carbocycles. The van der Waals surface area contributed by atoms with Gasteiger partial charge in [-0.15, -0.1) is 0 Å². The van der Waals surface area contributed by atoms with Crippen molar-refractivity contribution in [2.75, 3.05) is 27.2 Å². The Balaban J connectivity index is 3.72. The molecule has 0 aromatic rings. The molecule has 0 saturated carbocycles. The van der Waals surface area contributed by atoms with Crippen LogP contribution in [0, 0.1) is 0 Å². The number of carbonyl (C=O) groups is 3. The molecular weight excluding hydrogens is 226 g/mol. The predicted molar refractivity (Wildman–Crippen MR) is 58.0 cm³/mol. The predicted octanol–water partition coefficient (Wildman–Crippen LogP) is -3.35. The number of urea groups is 1. The summed E-state index contributed by atoms with van der Waals surface area (Å²) >= 11 is 0. The number of carboxylic acids is 1. The quantitative estimate of drug-likeness (QED) is 0.335. The zero-order valence-electron chi connectivity index (χ0n) is 9.91. The van der Waals surface area contributed by atoms with Crippen molar-refractivity contribution in [3.8, 4) is 0 Å². The number of amides is 3. The van der Waals surface area contributed by atoms with Gasteiger partial charge in [-0.25, -0.2) is 4.79 Å². The van der Waals surface area contributed by atoms with Gasteiger partial charge in [0.1, 0.15) is 0 Å². The molecule has 0 spiro atoms. The number of hydrogen-bond acceptors (Lipinski definition) is 4. The summed E-state index contributed by atoms with van der Waals surface area (Å²) in [5.41, 5.74) is 0. The summed E-state index contributed by atoms with van der Waals surface area (Å²) in [6.45, 7) is 1.35. The van der Waals surface area contributed by atoms with E-state index in [4.69, 9.17) is 0 Å². The number of hydrogen-bond donors (Lipinski definition) is 3. The first-order valence-corrected chi connectivity index (χ1v) is 5.18. The van der Waals surface area contributed by atoms with E-state index in [0.29, 0.717) is 12.6 Å². The zero-order valence-corrected chi connectivity index (χ0v) is 9.91. The average Bonchev–Trinajstić information content (AvgIpc) is 2.21. The van der Waals surface area contributed by atoms with E-state index in [1.165, 1.54) is 4.90 Å². The van der Waals surface area contributed by atoms with Crippen LogP contribution in [0.5, 0.6) is 0 Å². The third-order valence-electron chi connectivity index (χ3n) is 1.75. The highest BCUT2D eigenvalue weighted by molar-refractivity contribution is 6.02. The molecule has 0 aliphatic heterocycles. The van der Waals surface area contributed by atoms with Gasteiger partial charge in [0.05, 0.1) is 26.6 Å². The van der Waals surface area contributed by atoms with E-state index >= 15 is 0 Å². The van der Waals surface area contributed by atoms with Crippen LogP contribution in [-0.4, -0.2) is 45.1 Å². The highest BCUT2D eigenvalue weighted by Gasteiger charge is 2.03. The van der Waals surface area contributed by atoms with Gasteiger partial charge in [0, 0.05) is 19.0 Å². The molecule has 0 bridgehead atoms. The van der Waals surface area contributed by atoms with Gasteiger partial charge in [0.2, 0.25) is 0 Å². The van der Waals surface area contributed by atoms with Gasteiger partial charge < -0.3 is 20.1 Å². The van der Waals surface area contributed by atoms with Crippen molar-refractivity contribution < 1.29 is 24.4 Å². The minimum atomic E-state index is -1.49. The maximum Gasteiger partial charge on any atom is 0.321 e. The van der Waals surface area contributed by atoms with E-state index in [0.717, 1.165) is 19.0 Å². The lowest BCUT2D eigenvalue weighted by Gasteiger charge is -2.07. The lowest BCUT2D eigenvalue weighted by molar-refractivity contribution is -0.858. The minimum absolute atomic E-state index is 0.453. The number of nitrogens with one attached hydrogen (secondary N) is 3. The molecule has 3 amide bonds. The van der Waals surface area contributed by atoms with Crippen molar-refractivity contribution >= 4 is 17.9 Å². The molecule has 0 rings (SSSR count). The van der Waals surface area contributed by atoms with E-state index in [-0.39, 0.29) is 0 Å². The van der Waals surface area contributed by atoms with Crippen LogP contribution < -0.4 is 20.6 Å². The molecule has 0 heterocycles. The summed E-state index contributed by atoms with van der Waals surface area (Å²) in [6.07, 6.45) is 2.07. The van der Waals surface area contributed by atoms with Crippen LogP contribution >= 0.6 is 0 Å². The lowest BCUT2D eigenvalue weighted by atomic mass is 10.4. The number of imide groups is 1. The van der Waals surface area contributed by atoms with Crippen molar-refractivity contribution in [1.29, 1.82) is 0 Å². The van der Waals surface area contributed by atoms with E-state index < -0.39 is 17.9 Å². The average molecular weight is 243 g/mol. The normalized spacial score (nSPS) is 10.5. The lowest BCUT2D eigenvalue weighted by Crippen LogP contribution is -3.05. The summed E-state index contributed by atoms with van der Waals surface area (Å²) < 4.78 is 0. The molecule has 0 unspecified atom stereocenters. The smallest absolute Gasteiger partial charge is 0.321 e. The zero-order chi connectivity index (χ0) is 13.3. The standard InChI is InChI=1S/C10H17N3O4/c1-13(2)7-3-6-11-10(17)12-8(14)4-5-9(15)16/h4-5H,3,6-7H2,1-2H3,(H,15,16)(H2,11,12,14,17)/b5-4+. The second kappa shape index (κ2) is 8.28. The third-order valence-corrected chi connectivity index (χ3v) is 1.75. The Labute approximate surface area is 99.5 Å². The van der Waals surface area contributed by atoms with Gasteiger partial charge in [0.15, 0.2) is 0 Å². The Hall–Kier alpha value is -1.89. The molecule has 0 aliphatic rings. The van der Waals surface area contributed by atoms with Crippen molar-refractivity contribution in [2.24, 2.45) is 0 Å². The summed E-state index contributed by atoms with van der Waals surface area (Å²) in [5, 5.41) is 14.4. The molecule has 0 aromatic carbocycles. The van der Waals surface area contributed by atoms with Gasteiger partial charge in [-0.2, -0.15) is 0 Å². The molecule has 96 valence electrons. The summed E-state index contributed by atoms with van der Waals surface area (Å²) in [7, 11) is 3.99. The maximum absolute atomic E-state index is 11.1. The van der Waals surface area contributed by atoms with Crippen molar-refractivity contribution in [3.05, 3.63) is 12.2 Å². The van der Waals surface area contributed by atoms with Gasteiger partial charge >= 0.3 is 6.03 Å². The molecule has 0 atom stereocenters. The molecule has 3 N–H and O–H groups in total. The maximum atomic E-state index is 11.1. The first-order chi connectivity index (χ1) is 7.91. The monoisotopic (exact) mass is 243 g/mol. The summed E-state index contributed by atoms with van der Waals surface area (Å²) in [6, 6.07) is -0.647. The molecule has 0 radical (unpaired) electrons. The van der Waals surface area contributed by atoms with Crippen LogP contribution in [0.3, 0.4) is 0 Å². The van der Waals surface area contributed by atoms with Gasteiger partial charge in [-0.3, -0.25) is 10.1 Å². The molecule has 17 heavy (non-hydrogen) atoms. The molecule has 7 nitrogen and oxygen atoms in total. The first kappa shape index (κ1) is 15.1. The highest BCUT2D eigenvalue weighted by atomic mass is 16.4. The Morgan fingerprint density at radius 1 is 1.24 bits per heavy atom. The number of aliphatic carboxylic acids is 1. The first-order valence-electron chi connectivity index (χ1n) is 5.18. The van der Waals surface area contributed by atoms with Crippen molar-refractivity contribution in [2.45, 2.75) is 6.42 Å². The Morgan fingerprint density at radius 3 is 2.41 bits per heavy atom. The molecule has 0 saturated heterocycles. The van der Waals surface area contributed by atoms with Crippen molar-refractivity contribution in [1.82, 2.24) is 10.6 Å². The second-order valence-electron chi connectivity index (χ2n) is 3.71.